The van der Waals surface area contributed by atoms with Crippen molar-refractivity contribution in [1.29, 1.82) is 0 Å². The van der Waals surface area contributed by atoms with Gasteiger partial charge in [0.1, 0.15) is 4.90 Å². The Bertz CT molecular complexity index is 837. The van der Waals surface area contributed by atoms with Crippen LogP contribution in [0.3, 0.4) is 0 Å². The molecular formula is C15H14Cl2N2O3S. The predicted octanol–water partition coefficient (Wildman–Crippen LogP) is 3.50. The largest absolute Gasteiger partial charge is 0.345 e. The second-order valence-electron chi connectivity index (χ2n) is 4.93. The number of anilines is 1. The van der Waals surface area contributed by atoms with Crippen molar-refractivity contribution >= 4 is 44.8 Å². The average Bonchev–Trinajstić information content (AvgIpc) is 2.46. The first-order valence-electron chi connectivity index (χ1n) is 6.51. The summed E-state index contributed by atoms with van der Waals surface area (Å²) in [5.74, 6) is -0.414. The van der Waals surface area contributed by atoms with Gasteiger partial charge in [-0.25, -0.2) is 8.42 Å². The maximum Gasteiger partial charge on any atom is 0.263 e. The van der Waals surface area contributed by atoms with Crippen molar-refractivity contribution in [2.24, 2.45) is 0 Å². The van der Waals surface area contributed by atoms with Gasteiger partial charge >= 0.3 is 0 Å². The summed E-state index contributed by atoms with van der Waals surface area (Å²) in [5.41, 5.74) is 0.452. The van der Waals surface area contributed by atoms with Crippen molar-refractivity contribution in [3.63, 3.8) is 0 Å². The molecule has 0 radical (unpaired) electrons. The first-order chi connectivity index (χ1) is 10.7. The molecule has 0 saturated carbocycles. The van der Waals surface area contributed by atoms with Crippen LogP contribution < -0.4 is 4.72 Å². The van der Waals surface area contributed by atoms with Gasteiger partial charge in [-0.1, -0.05) is 41.4 Å². The molecular weight excluding hydrogens is 359 g/mol. The van der Waals surface area contributed by atoms with Crippen LogP contribution in [0.1, 0.15) is 10.4 Å². The molecule has 0 fully saturated rings. The Morgan fingerprint density at radius 2 is 1.65 bits per heavy atom. The molecule has 1 N–H and O–H groups in total. The van der Waals surface area contributed by atoms with Crippen LogP contribution in [0.15, 0.2) is 47.4 Å². The summed E-state index contributed by atoms with van der Waals surface area (Å²) < 4.78 is 27.4. The monoisotopic (exact) mass is 372 g/mol. The Balaban J connectivity index is 2.50. The van der Waals surface area contributed by atoms with Crippen LogP contribution in [0.25, 0.3) is 0 Å². The van der Waals surface area contributed by atoms with Gasteiger partial charge < -0.3 is 4.90 Å². The van der Waals surface area contributed by atoms with Gasteiger partial charge in [-0.3, -0.25) is 9.52 Å². The zero-order valence-corrected chi connectivity index (χ0v) is 14.7. The molecule has 0 aliphatic carbocycles. The first-order valence-corrected chi connectivity index (χ1v) is 8.75. The Hall–Kier alpha value is -1.76. The van der Waals surface area contributed by atoms with E-state index in [1.165, 1.54) is 17.0 Å². The summed E-state index contributed by atoms with van der Waals surface area (Å²) in [4.78, 5) is 13.2. The maximum absolute atomic E-state index is 12.5. The SMILES string of the molecule is CN(C)C(=O)c1cc(S(=O)(=O)Nc2ccccc2)c(Cl)cc1Cl. The van der Waals surface area contributed by atoms with Gasteiger partial charge in [-0.2, -0.15) is 0 Å². The molecule has 2 aromatic carbocycles. The predicted molar refractivity (Wildman–Crippen MR) is 91.7 cm³/mol. The molecule has 2 aromatic rings. The van der Waals surface area contributed by atoms with E-state index in [4.69, 9.17) is 23.2 Å². The van der Waals surface area contributed by atoms with E-state index in [1.807, 2.05) is 0 Å². The molecule has 23 heavy (non-hydrogen) atoms. The van der Waals surface area contributed by atoms with Crippen molar-refractivity contribution in [3.8, 4) is 0 Å². The summed E-state index contributed by atoms with van der Waals surface area (Å²) >= 11 is 12.0. The molecule has 5 nitrogen and oxygen atoms in total. The van der Waals surface area contributed by atoms with Crippen LogP contribution in [0, 0.1) is 0 Å². The molecule has 0 bridgehead atoms. The molecule has 0 aromatic heterocycles. The van der Waals surface area contributed by atoms with Gasteiger partial charge in [0, 0.05) is 19.8 Å². The Kier molecular flexibility index (Phi) is 5.19. The maximum atomic E-state index is 12.5. The number of carbonyl (C=O) groups excluding carboxylic acids is 1. The smallest absolute Gasteiger partial charge is 0.263 e. The second kappa shape index (κ2) is 6.78. The van der Waals surface area contributed by atoms with Crippen LogP contribution >= 0.6 is 23.2 Å². The Morgan fingerprint density at radius 1 is 1.04 bits per heavy atom. The lowest BCUT2D eigenvalue weighted by Crippen LogP contribution is -2.23. The van der Waals surface area contributed by atoms with E-state index in [1.54, 1.807) is 44.4 Å². The number of nitrogens with one attached hydrogen (secondary N) is 1. The normalized spacial score (nSPS) is 11.1. The summed E-state index contributed by atoms with van der Waals surface area (Å²) in [6.45, 7) is 0. The van der Waals surface area contributed by atoms with Crippen LogP contribution in [-0.2, 0) is 10.0 Å². The fourth-order valence-corrected chi connectivity index (χ4v) is 3.77. The minimum absolute atomic E-state index is 0.0614. The molecule has 2 rings (SSSR count). The quantitative estimate of drug-likeness (QED) is 0.892. The molecule has 0 spiro atoms. The molecule has 122 valence electrons. The molecule has 8 heteroatoms. The molecule has 1 amide bonds. The minimum Gasteiger partial charge on any atom is -0.345 e. The van der Waals surface area contributed by atoms with Crippen molar-refractivity contribution in [3.05, 3.63) is 58.1 Å². The van der Waals surface area contributed by atoms with Crippen molar-refractivity contribution in [2.45, 2.75) is 4.90 Å². The fourth-order valence-electron chi connectivity index (χ4n) is 1.86. The standard InChI is InChI=1S/C15H14Cl2N2O3S/c1-19(2)15(20)11-8-14(13(17)9-12(11)16)23(21,22)18-10-6-4-3-5-7-10/h3-9,18H,1-2H3. The number of sulfonamides is 1. The highest BCUT2D eigenvalue weighted by molar-refractivity contribution is 7.92. The van der Waals surface area contributed by atoms with E-state index in [0.29, 0.717) is 5.69 Å². The number of amides is 1. The van der Waals surface area contributed by atoms with Crippen molar-refractivity contribution in [1.82, 2.24) is 4.90 Å². The highest BCUT2D eigenvalue weighted by Crippen LogP contribution is 2.30. The van der Waals surface area contributed by atoms with E-state index in [9.17, 15) is 13.2 Å². The third-order valence-electron chi connectivity index (χ3n) is 2.97. The van der Waals surface area contributed by atoms with Crippen molar-refractivity contribution in [2.75, 3.05) is 18.8 Å². The summed E-state index contributed by atoms with van der Waals surface area (Å²) in [6.07, 6.45) is 0. The van der Waals surface area contributed by atoms with E-state index in [0.717, 1.165) is 0 Å². The molecule has 0 unspecified atom stereocenters. The summed E-state index contributed by atoms with van der Waals surface area (Å²) in [5, 5.41) is 0.0288. The third kappa shape index (κ3) is 3.96. The first kappa shape index (κ1) is 17.6. The topological polar surface area (TPSA) is 66.5 Å². The number of hydrogen-bond donors (Lipinski definition) is 1. The highest BCUT2D eigenvalue weighted by Gasteiger charge is 2.23. The van der Waals surface area contributed by atoms with Crippen molar-refractivity contribution < 1.29 is 13.2 Å². The van der Waals surface area contributed by atoms with E-state index in [-0.39, 0.29) is 20.5 Å². The van der Waals surface area contributed by atoms with Crippen LogP contribution in [0.2, 0.25) is 10.0 Å². The fraction of sp³-hybridized carbons (Fsp3) is 0.133. The van der Waals surface area contributed by atoms with Gasteiger partial charge in [0.05, 0.1) is 15.6 Å². The third-order valence-corrected chi connectivity index (χ3v) is 5.13. The lowest BCUT2D eigenvalue weighted by Gasteiger charge is -2.15. The molecule has 0 aliphatic heterocycles. The minimum atomic E-state index is -3.95. The van der Waals surface area contributed by atoms with Gasteiger partial charge in [0.15, 0.2) is 0 Å². The molecule has 0 saturated heterocycles. The Labute approximate surface area is 144 Å². The lowest BCUT2D eigenvalue weighted by molar-refractivity contribution is 0.0827. The van der Waals surface area contributed by atoms with E-state index >= 15 is 0 Å². The highest BCUT2D eigenvalue weighted by atomic mass is 35.5. The zero-order valence-electron chi connectivity index (χ0n) is 12.4. The molecule has 0 heterocycles. The number of para-hydroxylation sites is 1. The number of hydrogen-bond acceptors (Lipinski definition) is 3. The van der Waals surface area contributed by atoms with E-state index in [2.05, 4.69) is 4.72 Å². The number of nitrogens with zero attached hydrogens (tertiary/aromatic N) is 1. The van der Waals surface area contributed by atoms with E-state index < -0.39 is 15.9 Å². The number of halogens is 2. The van der Waals surface area contributed by atoms with Gasteiger partial charge in [0.25, 0.3) is 15.9 Å². The van der Waals surface area contributed by atoms with Gasteiger partial charge in [-0.15, -0.1) is 0 Å². The van der Waals surface area contributed by atoms with Gasteiger partial charge in [0.2, 0.25) is 0 Å². The van der Waals surface area contributed by atoms with Crippen LogP contribution in [0.5, 0.6) is 0 Å². The van der Waals surface area contributed by atoms with Crippen LogP contribution in [-0.4, -0.2) is 33.3 Å². The lowest BCUT2D eigenvalue weighted by atomic mass is 10.2. The summed E-state index contributed by atoms with van der Waals surface area (Å²) in [6, 6.07) is 10.8. The zero-order chi connectivity index (χ0) is 17.2. The number of carbonyl (C=O) groups is 1. The Morgan fingerprint density at radius 3 is 2.22 bits per heavy atom. The number of benzene rings is 2. The van der Waals surface area contributed by atoms with Crippen LogP contribution in [0.4, 0.5) is 5.69 Å². The van der Waals surface area contributed by atoms with Gasteiger partial charge in [-0.05, 0) is 24.3 Å². The average molecular weight is 373 g/mol. The second-order valence-corrected chi connectivity index (χ2v) is 7.40. The molecule has 0 atom stereocenters. The molecule has 0 aliphatic rings. The number of rotatable bonds is 4. The summed E-state index contributed by atoms with van der Waals surface area (Å²) in [7, 11) is -0.863.